The summed E-state index contributed by atoms with van der Waals surface area (Å²) in [6.07, 6.45) is 1.46. The molecule has 27 heavy (non-hydrogen) atoms. The van der Waals surface area contributed by atoms with Gasteiger partial charge in [0, 0.05) is 19.5 Å². The van der Waals surface area contributed by atoms with Crippen LogP contribution in [0.4, 0.5) is 0 Å². The first-order valence-electron chi connectivity index (χ1n) is 8.82. The fraction of sp³-hybridized carbons (Fsp3) is 0.381. The van der Waals surface area contributed by atoms with E-state index in [1.54, 1.807) is 24.3 Å². The standard InChI is InChI=1S/C21H27NO4S/c1-21(2,3)14-20(23)22(15-17-8-6-5-7-9-17)16-18-10-12-19(13-11-18)26-27(4,24)25/h5-13H,14-16H2,1-4H3. The third-order valence-corrected chi connectivity index (χ3v) is 4.29. The van der Waals surface area contributed by atoms with Gasteiger partial charge >= 0.3 is 10.1 Å². The van der Waals surface area contributed by atoms with Gasteiger partial charge in [0.05, 0.1) is 6.26 Å². The van der Waals surface area contributed by atoms with Gasteiger partial charge in [0.1, 0.15) is 5.75 Å². The summed E-state index contributed by atoms with van der Waals surface area (Å²) >= 11 is 0. The Labute approximate surface area is 162 Å². The molecule has 0 aromatic heterocycles. The minimum atomic E-state index is -3.55. The van der Waals surface area contributed by atoms with Crippen LogP contribution in [0.3, 0.4) is 0 Å². The summed E-state index contributed by atoms with van der Waals surface area (Å²) in [5.74, 6) is 0.347. The molecule has 2 rings (SSSR count). The summed E-state index contributed by atoms with van der Waals surface area (Å²) in [6, 6.07) is 16.6. The van der Waals surface area contributed by atoms with Crippen molar-refractivity contribution >= 4 is 16.0 Å². The lowest BCUT2D eigenvalue weighted by Gasteiger charge is -2.27. The van der Waals surface area contributed by atoms with E-state index < -0.39 is 10.1 Å². The highest BCUT2D eigenvalue weighted by molar-refractivity contribution is 7.86. The van der Waals surface area contributed by atoms with Crippen LogP contribution in [0.25, 0.3) is 0 Å². The largest absolute Gasteiger partial charge is 0.383 e. The second kappa shape index (κ2) is 8.57. The first-order chi connectivity index (χ1) is 12.5. The molecule has 0 fully saturated rings. The first-order valence-corrected chi connectivity index (χ1v) is 10.6. The highest BCUT2D eigenvalue weighted by Gasteiger charge is 2.21. The minimum Gasteiger partial charge on any atom is -0.383 e. The molecule has 0 atom stereocenters. The lowest BCUT2D eigenvalue weighted by molar-refractivity contribution is -0.134. The number of carbonyl (C=O) groups is 1. The maximum atomic E-state index is 12.8. The predicted molar refractivity (Wildman–Crippen MR) is 107 cm³/mol. The van der Waals surface area contributed by atoms with Crippen LogP contribution < -0.4 is 4.18 Å². The van der Waals surface area contributed by atoms with E-state index in [0.717, 1.165) is 17.4 Å². The maximum Gasteiger partial charge on any atom is 0.306 e. The zero-order chi connectivity index (χ0) is 20.1. The van der Waals surface area contributed by atoms with Crippen LogP contribution in [0.1, 0.15) is 38.3 Å². The summed E-state index contributed by atoms with van der Waals surface area (Å²) in [5, 5.41) is 0. The van der Waals surface area contributed by atoms with Crippen LogP contribution in [0, 0.1) is 5.41 Å². The molecule has 0 aliphatic carbocycles. The molecule has 0 aliphatic rings. The Balaban J connectivity index is 2.16. The van der Waals surface area contributed by atoms with Crippen LogP contribution in [0.2, 0.25) is 0 Å². The molecule has 0 aliphatic heterocycles. The van der Waals surface area contributed by atoms with Crippen LogP contribution in [-0.2, 0) is 28.0 Å². The molecule has 5 nitrogen and oxygen atoms in total. The van der Waals surface area contributed by atoms with Crippen molar-refractivity contribution in [1.29, 1.82) is 0 Å². The van der Waals surface area contributed by atoms with E-state index in [0.29, 0.717) is 19.5 Å². The Bertz CT molecular complexity index is 853. The molecule has 146 valence electrons. The minimum absolute atomic E-state index is 0.0859. The number of hydrogen-bond donors (Lipinski definition) is 0. The van der Waals surface area contributed by atoms with Gasteiger partial charge in [0.15, 0.2) is 0 Å². The molecular formula is C21H27NO4S. The third kappa shape index (κ3) is 7.83. The number of nitrogens with zero attached hydrogens (tertiary/aromatic N) is 1. The Morgan fingerprint density at radius 3 is 1.93 bits per heavy atom. The Morgan fingerprint density at radius 2 is 1.44 bits per heavy atom. The van der Waals surface area contributed by atoms with Gasteiger partial charge in [-0.3, -0.25) is 4.79 Å². The van der Waals surface area contributed by atoms with Crippen LogP contribution in [0.15, 0.2) is 54.6 Å². The monoisotopic (exact) mass is 389 g/mol. The zero-order valence-corrected chi connectivity index (χ0v) is 17.1. The summed E-state index contributed by atoms with van der Waals surface area (Å²) in [6.45, 7) is 7.11. The van der Waals surface area contributed by atoms with Crippen molar-refractivity contribution in [1.82, 2.24) is 4.90 Å². The number of rotatable bonds is 7. The van der Waals surface area contributed by atoms with Gasteiger partial charge in [-0.2, -0.15) is 8.42 Å². The highest BCUT2D eigenvalue weighted by atomic mass is 32.2. The molecule has 2 aromatic rings. The molecule has 0 N–H and O–H groups in total. The van der Waals surface area contributed by atoms with Crippen molar-refractivity contribution in [2.45, 2.75) is 40.3 Å². The molecule has 0 heterocycles. The average Bonchev–Trinajstić information content (AvgIpc) is 2.54. The van der Waals surface area contributed by atoms with E-state index in [9.17, 15) is 13.2 Å². The second-order valence-corrected chi connectivity index (χ2v) is 9.48. The van der Waals surface area contributed by atoms with Crippen molar-refractivity contribution in [2.75, 3.05) is 6.26 Å². The summed E-state index contributed by atoms with van der Waals surface area (Å²) in [5.41, 5.74) is 1.88. The summed E-state index contributed by atoms with van der Waals surface area (Å²) < 4.78 is 27.3. The third-order valence-electron chi connectivity index (χ3n) is 3.79. The van der Waals surface area contributed by atoms with E-state index in [1.807, 2.05) is 56.0 Å². The van der Waals surface area contributed by atoms with Gasteiger partial charge in [-0.05, 0) is 28.7 Å². The van der Waals surface area contributed by atoms with Crippen LogP contribution >= 0.6 is 0 Å². The maximum absolute atomic E-state index is 12.8. The van der Waals surface area contributed by atoms with Crippen molar-refractivity contribution < 1.29 is 17.4 Å². The fourth-order valence-corrected chi connectivity index (χ4v) is 3.11. The van der Waals surface area contributed by atoms with Gasteiger partial charge in [0.25, 0.3) is 0 Å². The molecule has 1 amide bonds. The number of hydrogen-bond acceptors (Lipinski definition) is 4. The second-order valence-electron chi connectivity index (χ2n) is 7.90. The van der Waals surface area contributed by atoms with Gasteiger partial charge < -0.3 is 9.08 Å². The molecule has 0 unspecified atom stereocenters. The Morgan fingerprint density at radius 1 is 0.926 bits per heavy atom. The van der Waals surface area contributed by atoms with Gasteiger partial charge in [-0.15, -0.1) is 0 Å². The lowest BCUT2D eigenvalue weighted by atomic mass is 9.91. The van der Waals surface area contributed by atoms with Crippen LogP contribution in [0.5, 0.6) is 5.75 Å². The average molecular weight is 390 g/mol. The topological polar surface area (TPSA) is 63.7 Å². The van der Waals surface area contributed by atoms with Gasteiger partial charge in [0.2, 0.25) is 5.91 Å². The molecule has 6 heteroatoms. The Kier molecular flexibility index (Phi) is 6.65. The van der Waals surface area contributed by atoms with Crippen molar-refractivity contribution in [3.63, 3.8) is 0 Å². The van der Waals surface area contributed by atoms with Crippen molar-refractivity contribution in [2.24, 2.45) is 5.41 Å². The van der Waals surface area contributed by atoms with E-state index in [1.165, 1.54) is 0 Å². The molecule has 2 aromatic carbocycles. The van der Waals surface area contributed by atoms with Crippen LogP contribution in [-0.4, -0.2) is 25.5 Å². The molecular weight excluding hydrogens is 362 g/mol. The van der Waals surface area contributed by atoms with E-state index >= 15 is 0 Å². The molecule has 0 bridgehead atoms. The highest BCUT2D eigenvalue weighted by Crippen LogP contribution is 2.22. The molecule has 0 radical (unpaired) electrons. The van der Waals surface area contributed by atoms with E-state index in [-0.39, 0.29) is 17.1 Å². The van der Waals surface area contributed by atoms with E-state index in [2.05, 4.69) is 0 Å². The van der Waals surface area contributed by atoms with Gasteiger partial charge in [-0.25, -0.2) is 0 Å². The van der Waals surface area contributed by atoms with Gasteiger partial charge in [-0.1, -0.05) is 63.2 Å². The fourth-order valence-electron chi connectivity index (χ4n) is 2.65. The normalized spacial score (nSPS) is 11.9. The van der Waals surface area contributed by atoms with Crippen molar-refractivity contribution in [3.05, 3.63) is 65.7 Å². The zero-order valence-electron chi connectivity index (χ0n) is 16.3. The summed E-state index contributed by atoms with van der Waals surface area (Å²) in [7, 11) is -3.55. The molecule has 0 saturated heterocycles. The molecule has 0 saturated carbocycles. The predicted octanol–water partition coefficient (Wildman–Crippen LogP) is 3.99. The van der Waals surface area contributed by atoms with Crippen molar-refractivity contribution in [3.8, 4) is 5.75 Å². The Hall–Kier alpha value is -2.34. The SMILES string of the molecule is CC(C)(C)CC(=O)N(Cc1ccccc1)Cc1ccc(OS(C)(=O)=O)cc1. The smallest absolute Gasteiger partial charge is 0.306 e. The number of amides is 1. The van der Waals surface area contributed by atoms with E-state index in [4.69, 9.17) is 4.18 Å². The quantitative estimate of drug-likeness (QED) is 0.672. The first kappa shape index (κ1) is 21.0. The lowest BCUT2D eigenvalue weighted by Crippen LogP contribution is -2.32. The molecule has 0 spiro atoms. The summed E-state index contributed by atoms with van der Waals surface area (Å²) in [4.78, 5) is 14.7. The number of carbonyl (C=O) groups excluding carboxylic acids is 1. The number of benzene rings is 2.